The highest BCUT2D eigenvalue weighted by atomic mass is 19.1. The first-order valence-corrected chi connectivity index (χ1v) is 10.1. The van der Waals surface area contributed by atoms with Crippen LogP contribution in [0.1, 0.15) is 16.8 Å². The van der Waals surface area contributed by atoms with Gasteiger partial charge in [-0.15, -0.1) is 0 Å². The van der Waals surface area contributed by atoms with Crippen LogP contribution in [-0.2, 0) is 24.4 Å². The maximum atomic E-state index is 13.5. The summed E-state index contributed by atoms with van der Waals surface area (Å²) in [6, 6.07) is 16.1. The van der Waals surface area contributed by atoms with Crippen LogP contribution in [0.4, 0.5) is 16.0 Å². The van der Waals surface area contributed by atoms with Crippen molar-refractivity contribution in [3.05, 3.63) is 83.4 Å². The number of hydrogen-bond donors (Lipinski definition) is 1. The second-order valence-electron chi connectivity index (χ2n) is 7.21. The molecule has 0 unspecified atom stereocenters. The van der Waals surface area contributed by atoms with Gasteiger partial charge in [0.15, 0.2) is 0 Å². The Bertz CT molecular complexity index is 961. The van der Waals surface area contributed by atoms with Crippen LogP contribution in [0.2, 0.25) is 0 Å². The minimum Gasteiger partial charge on any atom is -0.392 e. The minimum absolute atomic E-state index is 0.0257. The Morgan fingerprint density at radius 3 is 2.43 bits per heavy atom. The second kappa shape index (κ2) is 9.65. The SMILES string of the molecule is OCc1ccccc1CN(Cc1ccnc(N2CCOCC2)n1)c1ccc(F)cc1. The molecular formula is C23H25FN4O2. The lowest BCUT2D eigenvalue weighted by atomic mass is 10.1. The Labute approximate surface area is 175 Å². The van der Waals surface area contributed by atoms with Crippen LogP contribution in [0, 0.1) is 5.82 Å². The molecule has 156 valence electrons. The van der Waals surface area contributed by atoms with Crippen LogP contribution in [0.15, 0.2) is 60.8 Å². The second-order valence-corrected chi connectivity index (χ2v) is 7.21. The molecule has 2 aromatic carbocycles. The van der Waals surface area contributed by atoms with Crippen molar-refractivity contribution in [1.29, 1.82) is 0 Å². The molecule has 1 aromatic heterocycles. The zero-order valence-electron chi connectivity index (χ0n) is 16.7. The first-order chi connectivity index (χ1) is 14.7. The number of benzene rings is 2. The van der Waals surface area contributed by atoms with Crippen LogP contribution in [-0.4, -0.2) is 41.4 Å². The number of aliphatic hydroxyl groups is 1. The summed E-state index contributed by atoms with van der Waals surface area (Å²) >= 11 is 0. The normalized spacial score (nSPS) is 14.0. The Hall–Kier alpha value is -3.03. The molecular weight excluding hydrogens is 383 g/mol. The maximum Gasteiger partial charge on any atom is 0.225 e. The van der Waals surface area contributed by atoms with Gasteiger partial charge in [0, 0.05) is 31.5 Å². The van der Waals surface area contributed by atoms with Crippen molar-refractivity contribution >= 4 is 11.6 Å². The highest BCUT2D eigenvalue weighted by molar-refractivity contribution is 5.48. The number of aliphatic hydroxyl groups excluding tert-OH is 1. The average molecular weight is 408 g/mol. The van der Waals surface area contributed by atoms with E-state index < -0.39 is 0 Å². The lowest BCUT2D eigenvalue weighted by Gasteiger charge is -2.28. The fraction of sp³-hybridized carbons (Fsp3) is 0.304. The van der Waals surface area contributed by atoms with E-state index in [0.717, 1.165) is 35.6 Å². The van der Waals surface area contributed by atoms with E-state index in [1.165, 1.54) is 12.1 Å². The van der Waals surface area contributed by atoms with Gasteiger partial charge in [-0.1, -0.05) is 24.3 Å². The van der Waals surface area contributed by atoms with E-state index in [1.807, 2.05) is 30.3 Å². The smallest absolute Gasteiger partial charge is 0.225 e. The molecule has 6 nitrogen and oxygen atoms in total. The van der Waals surface area contributed by atoms with Crippen molar-refractivity contribution in [3.8, 4) is 0 Å². The summed E-state index contributed by atoms with van der Waals surface area (Å²) in [6.45, 7) is 3.97. The third-order valence-corrected chi connectivity index (χ3v) is 5.19. The Kier molecular flexibility index (Phi) is 6.51. The predicted octanol–water partition coefficient (Wildman–Crippen LogP) is 3.15. The van der Waals surface area contributed by atoms with Gasteiger partial charge in [-0.05, 0) is 41.5 Å². The molecule has 0 aliphatic carbocycles. The largest absolute Gasteiger partial charge is 0.392 e. The van der Waals surface area contributed by atoms with Gasteiger partial charge in [0.05, 0.1) is 32.1 Å². The molecule has 2 heterocycles. The van der Waals surface area contributed by atoms with Gasteiger partial charge >= 0.3 is 0 Å². The molecule has 7 heteroatoms. The standard InChI is InChI=1S/C23H25FN4O2/c24-20-5-7-22(8-6-20)28(15-18-3-1-2-4-19(18)17-29)16-21-9-10-25-23(26-21)27-11-13-30-14-12-27/h1-10,29H,11-17H2. The lowest BCUT2D eigenvalue weighted by molar-refractivity contribution is 0.122. The van der Waals surface area contributed by atoms with Gasteiger partial charge in [-0.2, -0.15) is 0 Å². The van der Waals surface area contributed by atoms with E-state index >= 15 is 0 Å². The van der Waals surface area contributed by atoms with Crippen molar-refractivity contribution in [2.24, 2.45) is 0 Å². The van der Waals surface area contributed by atoms with Gasteiger partial charge in [0.2, 0.25) is 5.95 Å². The van der Waals surface area contributed by atoms with Crippen LogP contribution in [0.5, 0.6) is 0 Å². The molecule has 1 saturated heterocycles. The number of aromatic nitrogens is 2. The maximum absolute atomic E-state index is 13.5. The summed E-state index contributed by atoms with van der Waals surface area (Å²) < 4.78 is 18.9. The van der Waals surface area contributed by atoms with Crippen molar-refractivity contribution in [1.82, 2.24) is 9.97 Å². The summed E-state index contributed by atoms with van der Waals surface area (Å²) in [5.41, 5.74) is 3.65. The van der Waals surface area contributed by atoms with Crippen molar-refractivity contribution in [2.45, 2.75) is 19.7 Å². The fourth-order valence-corrected chi connectivity index (χ4v) is 3.55. The van der Waals surface area contributed by atoms with Crippen LogP contribution in [0.25, 0.3) is 0 Å². The topological polar surface area (TPSA) is 61.7 Å². The average Bonchev–Trinajstić information content (AvgIpc) is 2.80. The molecule has 0 atom stereocenters. The van der Waals surface area contributed by atoms with Gasteiger partial charge in [0.25, 0.3) is 0 Å². The Balaban J connectivity index is 1.60. The molecule has 3 aromatic rings. The monoisotopic (exact) mass is 408 g/mol. The summed E-state index contributed by atoms with van der Waals surface area (Å²) in [4.78, 5) is 13.4. The van der Waals surface area contributed by atoms with E-state index in [-0.39, 0.29) is 12.4 Å². The third-order valence-electron chi connectivity index (χ3n) is 5.19. The first kappa shape index (κ1) is 20.3. The molecule has 1 N–H and O–H groups in total. The number of ether oxygens (including phenoxy) is 1. The molecule has 0 spiro atoms. The summed E-state index contributed by atoms with van der Waals surface area (Å²) in [6.07, 6.45) is 1.78. The number of morpholine rings is 1. The van der Waals surface area contributed by atoms with Gasteiger partial charge in [-0.3, -0.25) is 0 Å². The quantitative estimate of drug-likeness (QED) is 0.648. The predicted molar refractivity (Wildman–Crippen MR) is 114 cm³/mol. The van der Waals surface area contributed by atoms with Gasteiger partial charge in [-0.25, -0.2) is 14.4 Å². The van der Waals surface area contributed by atoms with E-state index in [1.54, 1.807) is 18.3 Å². The summed E-state index contributed by atoms with van der Waals surface area (Å²) in [5, 5.41) is 9.70. The Morgan fingerprint density at radius 2 is 1.70 bits per heavy atom. The molecule has 4 rings (SSSR count). The fourth-order valence-electron chi connectivity index (χ4n) is 3.55. The van der Waals surface area contributed by atoms with Crippen molar-refractivity contribution in [2.75, 3.05) is 36.1 Å². The number of hydrogen-bond acceptors (Lipinski definition) is 6. The van der Waals surface area contributed by atoms with E-state index in [2.05, 4.69) is 14.8 Å². The first-order valence-electron chi connectivity index (χ1n) is 10.1. The number of anilines is 2. The van der Waals surface area contributed by atoms with Crippen molar-refractivity contribution in [3.63, 3.8) is 0 Å². The number of nitrogens with zero attached hydrogens (tertiary/aromatic N) is 4. The Morgan fingerprint density at radius 1 is 0.967 bits per heavy atom. The van der Waals surface area contributed by atoms with E-state index in [4.69, 9.17) is 9.72 Å². The molecule has 0 radical (unpaired) electrons. The number of halogens is 1. The molecule has 0 saturated carbocycles. The van der Waals surface area contributed by atoms with E-state index in [0.29, 0.717) is 32.3 Å². The zero-order chi connectivity index (χ0) is 20.8. The minimum atomic E-state index is -0.272. The molecule has 30 heavy (non-hydrogen) atoms. The van der Waals surface area contributed by atoms with Crippen LogP contribution < -0.4 is 9.80 Å². The van der Waals surface area contributed by atoms with Gasteiger partial charge < -0.3 is 19.6 Å². The van der Waals surface area contributed by atoms with Gasteiger partial charge in [0.1, 0.15) is 5.82 Å². The van der Waals surface area contributed by atoms with Crippen molar-refractivity contribution < 1.29 is 14.2 Å². The molecule has 0 amide bonds. The highest BCUT2D eigenvalue weighted by Gasteiger charge is 2.16. The molecule has 0 bridgehead atoms. The molecule has 1 aliphatic rings. The summed E-state index contributed by atoms with van der Waals surface area (Å²) in [7, 11) is 0. The third kappa shape index (κ3) is 4.93. The zero-order valence-corrected chi connectivity index (χ0v) is 16.7. The highest BCUT2D eigenvalue weighted by Crippen LogP contribution is 2.22. The van der Waals surface area contributed by atoms with E-state index in [9.17, 15) is 9.50 Å². The lowest BCUT2D eigenvalue weighted by Crippen LogP contribution is -2.37. The van der Waals surface area contributed by atoms with Crippen LogP contribution >= 0.6 is 0 Å². The molecule has 1 fully saturated rings. The molecule has 1 aliphatic heterocycles. The summed E-state index contributed by atoms with van der Waals surface area (Å²) in [5.74, 6) is 0.428. The van der Waals surface area contributed by atoms with Crippen LogP contribution in [0.3, 0.4) is 0 Å². The number of rotatable bonds is 7.